The second-order valence-corrected chi connectivity index (χ2v) is 8.73. The zero-order valence-electron chi connectivity index (χ0n) is 15.9. The Morgan fingerprint density at radius 3 is 2.54 bits per heavy atom. The number of piperidine rings is 1. The monoisotopic (exact) mass is 423 g/mol. The minimum absolute atomic E-state index is 0. The summed E-state index contributed by atoms with van der Waals surface area (Å²) in [5.74, 6) is 0.119. The highest BCUT2D eigenvalue weighted by molar-refractivity contribution is 7.92. The second-order valence-electron chi connectivity index (χ2n) is 7.05. The Morgan fingerprint density at radius 1 is 1.14 bits per heavy atom. The Morgan fingerprint density at radius 2 is 1.86 bits per heavy atom. The lowest BCUT2D eigenvalue weighted by Gasteiger charge is -2.30. The predicted molar refractivity (Wildman–Crippen MR) is 114 cm³/mol. The van der Waals surface area contributed by atoms with Gasteiger partial charge in [0.15, 0.2) is 0 Å². The van der Waals surface area contributed by atoms with Gasteiger partial charge in [0, 0.05) is 23.8 Å². The van der Waals surface area contributed by atoms with Crippen LogP contribution in [-0.4, -0.2) is 33.5 Å². The number of rotatable bonds is 5. The van der Waals surface area contributed by atoms with Gasteiger partial charge in [-0.3, -0.25) is 9.52 Å². The molecule has 2 aromatic carbocycles. The first-order chi connectivity index (χ1) is 12.8. The highest BCUT2D eigenvalue weighted by Crippen LogP contribution is 2.18. The summed E-state index contributed by atoms with van der Waals surface area (Å²) >= 11 is 0. The molecule has 3 rings (SSSR count). The summed E-state index contributed by atoms with van der Waals surface area (Å²) in [7, 11) is -3.77. The largest absolute Gasteiger partial charge is 0.348 e. The van der Waals surface area contributed by atoms with Gasteiger partial charge in [0.2, 0.25) is 0 Å². The molecule has 2 atom stereocenters. The van der Waals surface area contributed by atoms with E-state index >= 15 is 0 Å². The molecule has 1 heterocycles. The summed E-state index contributed by atoms with van der Waals surface area (Å²) in [4.78, 5) is 12.6. The first-order valence-electron chi connectivity index (χ1n) is 9.06. The van der Waals surface area contributed by atoms with Gasteiger partial charge in [-0.1, -0.05) is 30.7 Å². The first kappa shape index (κ1) is 22.2. The van der Waals surface area contributed by atoms with Crippen molar-refractivity contribution in [2.24, 2.45) is 5.92 Å². The van der Waals surface area contributed by atoms with Crippen molar-refractivity contribution in [1.29, 1.82) is 0 Å². The van der Waals surface area contributed by atoms with E-state index in [1.54, 1.807) is 24.3 Å². The smallest absolute Gasteiger partial charge is 0.261 e. The second kappa shape index (κ2) is 9.41. The van der Waals surface area contributed by atoms with Crippen molar-refractivity contribution in [3.05, 3.63) is 59.7 Å². The zero-order valence-corrected chi connectivity index (χ0v) is 17.6. The molecule has 0 aromatic heterocycles. The fraction of sp³-hybridized carbons (Fsp3) is 0.350. The van der Waals surface area contributed by atoms with Crippen LogP contribution in [0, 0.1) is 12.8 Å². The third-order valence-electron chi connectivity index (χ3n) is 4.85. The van der Waals surface area contributed by atoms with Crippen LogP contribution in [0.3, 0.4) is 0 Å². The number of sulfonamides is 1. The molecule has 0 radical (unpaired) electrons. The third-order valence-corrected chi connectivity index (χ3v) is 6.23. The van der Waals surface area contributed by atoms with Crippen LogP contribution in [0.25, 0.3) is 0 Å². The summed E-state index contributed by atoms with van der Waals surface area (Å²) in [6.07, 6.45) is 1.000. The van der Waals surface area contributed by atoms with Gasteiger partial charge < -0.3 is 10.6 Å². The Balaban J connectivity index is 0.00000280. The average Bonchev–Trinajstić information content (AvgIpc) is 2.65. The van der Waals surface area contributed by atoms with E-state index in [1.807, 2.05) is 19.1 Å². The van der Waals surface area contributed by atoms with Crippen LogP contribution >= 0.6 is 12.4 Å². The number of carbonyl (C=O) groups excluding carboxylic acids is 1. The SMILES string of the molecule is Cc1ccc(NS(=O)(=O)c2cccc(C(=O)NC3CNCCC3C)c2)cc1.Cl. The molecule has 152 valence electrons. The average molecular weight is 424 g/mol. The molecule has 1 saturated heterocycles. The quantitative estimate of drug-likeness (QED) is 0.690. The molecular weight excluding hydrogens is 398 g/mol. The molecule has 0 bridgehead atoms. The number of nitrogens with one attached hydrogen (secondary N) is 3. The van der Waals surface area contributed by atoms with Gasteiger partial charge in [-0.15, -0.1) is 12.4 Å². The van der Waals surface area contributed by atoms with E-state index in [0.29, 0.717) is 17.2 Å². The van der Waals surface area contributed by atoms with Gasteiger partial charge in [0.25, 0.3) is 15.9 Å². The van der Waals surface area contributed by atoms with Crippen molar-refractivity contribution >= 4 is 34.0 Å². The van der Waals surface area contributed by atoms with Gasteiger partial charge in [-0.2, -0.15) is 0 Å². The molecule has 3 N–H and O–H groups in total. The molecule has 8 heteroatoms. The summed E-state index contributed by atoms with van der Waals surface area (Å²) in [6, 6.07) is 13.2. The highest BCUT2D eigenvalue weighted by atomic mass is 35.5. The Kier molecular flexibility index (Phi) is 7.46. The lowest BCUT2D eigenvalue weighted by atomic mass is 9.94. The van der Waals surface area contributed by atoms with Crippen LogP contribution in [-0.2, 0) is 10.0 Å². The minimum Gasteiger partial charge on any atom is -0.348 e. The van der Waals surface area contributed by atoms with Crippen molar-refractivity contribution in [2.75, 3.05) is 17.8 Å². The van der Waals surface area contributed by atoms with Crippen LogP contribution in [0.15, 0.2) is 53.4 Å². The molecule has 0 aliphatic carbocycles. The number of halogens is 1. The molecule has 1 amide bonds. The summed E-state index contributed by atoms with van der Waals surface area (Å²) < 4.78 is 27.8. The van der Waals surface area contributed by atoms with E-state index in [-0.39, 0.29) is 29.3 Å². The fourth-order valence-electron chi connectivity index (χ4n) is 3.07. The van der Waals surface area contributed by atoms with Crippen molar-refractivity contribution in [1.82, 2.24) is 10.6 Å². The molecule has 6 nitrogen and oxygen atoms in total. The normalized spacial score (nSPS) is 19.4. The number of aryl methyl sites for hydroxylation is 1. The number of benzene rings is 2. The molecule has 0 spiro atoms. The molecule has 1 fully saturated rings. The number of anilines is 1. The van der Waals surface area contributed by atoms with E-state index in [1.165, 1.54) is 12.1 Å². The van der Waals surface area contributed by atoms with E-state index in [0.717, 1.165) is 25.1 Å². The van der Waals surface area contributed by atoms with Crippen molar-refractivity contribution < 1.29 is 13.2 Å². The van der Waals surface area contributed by atoms with Crippen LogP contribution in [0.4, 0.5) is 5.69 Å². The van der Waals surface area contributed by atoms with Crippen molar-refractivity contribution in [3.8, 4) is 0 Å². The summed E-state index contributed by atoms with van der Waals surface area (Å²) in [5, 5.41) is 6.27. The Bertz CT molecular complexity index is 917. The Labute approximate surface area is 172 Å². The molecular formula is C20H26ClN3O3S. The van der Waals surface area contributed by atoms with E-state index in [9.17, 15) is 13.2 Å². The molecule has 28 heavy (non-hydrogen) atoms. The van der Waals surface area contributed by atoms with Gasteiger partial charge in [0.1, 0.15) is 0 Å². The highest BCUT2D eigenvalue weighted by Gasteiger charge is 2.24. The maximum absolute atomic E-state index is 12.7. The van der Waals surface area contributed by atoms with Crippen molar-refractivity contribution in [3.63, 3.8) is 0 Å². The van der Waals surface area contributed by atoms with Crippen LogP contribution in [0.2, 0.25) is 0 Å². The molecule has 2 aromatic rings. The summed E-state index contributed by atoms with van der Waals surface area (Å²) in [6.45, 7) is 5.72. The molecule has 2 unspecified atom stereocenters. The van der Waals surface area contributed by atoms with Crippen LogP contribution in [0.5, 0.6) is 0 Å². The standard InChI is InChI=1S/C20H25N3O3S.ClH/c1-14-6-8-17(9-7-14)23-27(25,26)18-5-3-4-16(12-18)20(24)22-19-13-21-11-10-15(19)2;/h3-9,12,15,19,21,23H,10-11,13H2,1-2H3,(H,22,24);1H. The Hall–Kier alpha value is -2.09. The maximum Gasteiger partial charge on any atom is 0.261 e. The predicted octanol–water partition coefficient (Wildman–Crippen LogP) is 2.95. The van der Waals surface area contributed by atoms with Crippen molar-refractivity contribution in [2.45, 2.75) is 31.2 Å². The molecule has 1 aliphatic rings. The number of carbonyl (C=O) groups is 1. The number of hydrogen-bond donors (Lipinski definition) is 3. The molecule has 0 saturated carbocycles. The fourth-order valence-corrected chi connectivity index (χ4v) is 4.18. The molecule has 1 aliphatic heterocycles. The first-order valence-corrected chi connectivity index (χ1v) is 10.5. The van der Waals surface area contributed by atoms with E-state index in [2.05, 4.69) is 22.3 Å². The van der Waals surface area contributed by atoms with Gasteiger partial charge in [-0.05, 0) is 56.1 Å². The van der Waals surface area contributed by atoms with Gasteiger partial charge in [0.05, 0.1) is 4.90 Å². The third kappa shape index (κ3) is 5.47. The minimum atomic E-state index is -3.77. The lowest BCUT2D eigenvalue weighted by Crippen LogP contribution is -2.50. The van der Waals surface area contributed by atoms with Gasteiger partial charge >= 0.3 is 0 Å². The maximum atomic E-state index is 12.7. The van der Waals surface area contributed by atoms with Crippen LogP contribution in [0.1, 0.15) is 29.3 Å². The number of amides is 1. The number of hydrogen-bond acceptors (Lipinski definition) is 4. The van der Waals surface area contributed by atoms with E-state index in [4.69, 9.17) is 0 Å². The topological polar surface area (TPSA) is 87.3 Å². The lowest BCUT2D eigenvalue weighted by molar-refractivity contribution is 0.0915. The van der Waals surface area contributed by atoms with Crippen LogP contribution < -0.4 is 15.4 Å². The summed E-state index contributed by atoms with van der Waals surface area (Å²) in [5.41, 5.74) is 1.86. The van der Waals surface area contributed by atoms with Gasteiger partial charge in [-0.25, -0.2) is 8.42 Å². The zero-order chi connectivity index (χ0) is 19.4. The van der Waals surface area contributed by atoms with E-state index < -0.39 is 10.0 Å².